The topological polar surface area (TPSA) is 67.2 Å². The van der Waals surface area contributed by atoms with Gasteiger partial charge < -0.3 is 10.2 Å². The number of aromatic nitrogens is 2. The molecular formula is C15H22N4O2. The average Bonchev–Trinajstić information content (AvgIpc) is 3.23. The molecule has 0 aromatic carbocycles. The van der Waals surface area contributed by atoms with Crippen LogP contribution in [0.3, 0.4) is 0 Å². The van der Waals surface area contributed by atoms with E-state index in [-0.39, 0.29) is 17.7 Å². The highest BCUT2D eigenvalue weighted by atomic mass is 16.2. The summed E-state index contributed by atoms with van der Waals surface area (Å²) >= 11 is 0. The quantitative estimate of drug-likeness (QED) is 0.896. The van der Waals surface area contributed by atoms with Gasteiger partial charge in [0.1, 0.15) is 5.54 Å². The highest BCUT2D eigenvalue weighted by Crippen LogP contribution is 2.41. The predicted octanol–water partition coefficient (Wildman–Crippen LogP) is 0.920. The summed E-state index contributed by atoms with van der Waals surface area (Å²) in [6.45, 7) is 5.72. The summed E-state index contributed by atoms with van der Waals surface area (Å²) in [6, 6.07) is 0. The van der Waals surface area contributed by atoms with E-state index in [1.165, 1.54) is 0 Å². The van der Waals surface area contributed by atoms with Crippen LogP contribution in [0.2, 0.25) is 0 Å². The Morgan fingerprint density at radius 2 is 2.19 bits per heavy atom. The van der Waals surface area contributed by atoms with Gasteiger partial charge in [0.15, 0.2) is 0 Å². The van der Waals surface area contributed by atoms with Crippen LogP contribution in [0.5, 0.6) is 0 Å². The van der Waals surface area contributed by atoms with Crippen LogP contribution in [0.1, 0.15) is 38.7 Å². The van der Waals surface area contributed by atoms with Crippen LogP contribution in [0, 0.1) is 5.92 Å². The molecule has 3 rings (SSSR count). The Bertz CT molecular complexity index is 564. The van der Waals surface area contributed by atoms with Gasteiger partial charge in [-0.25, -0.2) is 0 Å². The van der Waals surface area contributed by atoms with E-state index in [9.17, 15) is 9.59 Å². The fraction of sp³-hybridized carbons (Fsp3) is 0.667. The highest BCUT2D eigenvalue weighted by molar-refractivity contribution is 5.93. The minimum atomic E-state index is -0.728. The van der Waals surface area contributed by atoms with Crippen LogP contribution in [-0.2, 0) is 22.7 Å². The molecule has 1 saturated heterocycles. The molecule has 6 nitrogen and oxygen atoms in total. The summed E-state index contributed by atoms with van der Waals surface area (Å²) < 4.78 is 1.85. The normalized spacial score (nSPS) is 26.7. The zero-order valence-corrected chi connectivity index (χ0v) is 12.6. The maximum absolute atomic E-state index is 12.9. The zero-order chi connectivity index (χ0) is 15.0. The molecule has 0 bridgehead atoms. The number of hydrogen-bond acceptors (Lipinski definition) is 3. The highest BCUT2D eigenvalue weighted by Gasteiger charge is 2.51. The summed E-state index contributed by atoms with van der Waals surface area (Å²) in [7, 11) is 0. The monoisotopic (exact) mass is 290 g/mol. The number of rotatable bonds is 4. The molecule has 1 aromatic rings. The Morgan fingerprint density at radius 3 is 2.81 bits per heavy atom. The van der Waals surface area contributed by atoms with Gasteiger partial charge in [0.25, 0.3) is 0 Å². The van der Waals surface area contributed by atoms with Gasteiger partial charge in [0.2, 0.25) is 11.8 Å². The number of carbonyl (C=O) groups excluding carboxylic acids is 2. The van der Waals surface area contributed by atoms with E-state index in [0.29, 0.717) is 19.5 Å². The summed E-state index contributed by atoms with van der Waals surface area (Å²) in [4.78, 5) is 26.6. The van der Waals surface area contributed by atoms with E-state index >= 15 is 0 Å². The van der Waals surface area contributed by atoms with Crippen LogP contribution < -0.4 is 5.32 Å². The molecule has 21 heavy (non-hydrogen) atoms. The van der Waals surface area contributed by atoms with Gasteiger partial charge >= 0.3 is 0 Å². The number of aryl methyl sites for hydroxylation is 1. The third-order valence-corrected chi connectivity index (χ3v) is 4.52. The molecule has 2 aliphatic rings. The fourth-order valence-corrected chi connectivity index (χ4v) is 3.04. The van der Waals surface area contributed by atoms with E-state index < -0.39 is 5.54 Å². The average molecular weight is 290 g/mol. The van der Waals surface area contributed by atoms with Gasteiger partial charge in [0, 0.05) is 37.8 Å². The largest absolute Gasteiger partial charge is 0.342 e. The second-order valence-electron chi connectivity index (χ2n) is 6.21. The number of nitrogens with one attached hydrogen (secondary N) is 1. The van der Waals surface area contributed by atoms with Gasteiger partial charge in [-0.05, 0) is 32.6 Å². The van der Waals surface area contributed by atoms with Crippen LogP contribution in [0.4, 0.5) is 0 Å². The number of nitrogens with zero attached hydrogens (tertiary/aromatic N) is 3. The van der Waals surface area contributed by atoms with Crippen molar-refractivity contribution in [2.24, 2.45) is 5.92 Å². The molecular weight excluding hydrogens is 268 g/mol. The third kappa shape index (κ3) is 2.66. The van der Waals surface area contributed by atoms with E-state index in [2.05, 4.69) is 10.4 Å². The second kappa shape index (κ2) is 5.16. The lowest BCUT2D eigenvalue weighted by Gasteiger charge is -2.32. The first-order valence-corrected chi connectivity index (χ1v) is 7.64. The summed E-state index contributed by atoms with van der Waals surface area (Å²) in [6.07, 6.45) is 6.16. The smallest absolute Gasteiger partial charge is 0.248 e. The van der Waals surface area contributed by atoms with Crippen LogP contribution >= 0.6 is 0 Å². The molecule has 114 valence electrons. The summed E-state index contributed by atoms with van der Waals surface area (Å²) in [5, 5.41) is 7.19. The minimum absolute atomic E-state index is 0.0236. The van der Waals surface area contributed by atoms with E-state index in [4.69, 9.17) is 0 Å². The molecule has 2 amide bonds. The molecule has 0 radical (unpaired) electrons. The first-order chi connectivity index (χ1) is 10.0. The van der Waals surface area contributed by atoms with E-state index in [1.807, 2.05) is 24.7 Å². The molecule has 1 aliphatic heterocycles. The molecule has 1 N–H and O–H groups in total. The Hall–Kier alpha value is -1.85. The third-order valence-electron chi connectivity index (χ3n) is 4.52. The van der Waals surface area contributed by atoms with Gasteiger partial charge in [-0.3, -0.25) is 14.3 Å². The van der Waals surface area contributed by atoms with Gasteiger partial charge in [0.05, 0.1) is 6.20 Å². The molecule has 6 heteroatoms. The van der Waals surface area contributed by atoms with Crippen molar-refractivity contribution < 1.29 is 9.59 Å². The Kier molecular flexibility index (Phi) is 3.47. The SMILES string of the molecule is CCn1cc(CN2CCC(=O)NC(C)(C3CC3)C2=O)cn1. The van der Waals surface area contributed by atoms with Gasteiger partial charge in [-0.2, -0.15) is 5.10 Å². The van der Waals surface area contributed by atoms with Crippen molar-refractivity contribution in [1.82, 2.24) is 20.0 Å². The summed E-state index contributed by atoms with van der Waals surface area (Å²) in [5.74, 6) is 0.303. The standard InChI is InChI=1S/C15H22N4O2/c1-3-19-10-11(8-16-19)9-18-7-6-13(20)17-15(2,14(18)21)12-4-5-12/h8,10,12H,3-7,9H2,1-2H3,(H,17,20). The molecule has 0 spiro atoms. The molecule has 1 unspecified atom stereocenters. The Labute approximate surface area is 124 Å². The van der Waals surface area contributed by atoms with Crippen molar-refractivity contribution in [3.63, 3.8) is 0 Å². The van der Waals surface area contributed by atoms with Gasteiger partial charge in [-0.1, -0.05) is 0 Å². The van der Waals surface area contributed by atoms with Crippen molar-refractivity contribution >= 4 is 11.8 Å². The minimum Gasteiger partial charge on any atom is -0.342 e. The van der Waals surface area contributed by atoms with Crippen LogP contribution in [0.15, 0.2) is 12.4 Å². The van der Waals surface area contributed by atoms with Crippen LogP contribution in [0.25, 0.3) is 0 Å². The lowest BCUT2D eigenvalue weighted by molar-refractivity contribution is -0.139. The molecule has 2 heterocycles. The van der Waals surface area contributed by atoms with Crippen molar-refractivity contribution in [3.8, 4) is 0 Å². The molecule has 1 saturated carbocycles. The van der Waals surface area contributed by atoms with E-state index in [1.54, 1.807) is 11.1 Å². The molecule has 2 fully saturated rings. The number of hydrogen-bond donors (Lipinski definition) is 1. The van der Waals surface area contributed by atoms with Crippen molar-refractivity contribution in [3.05, 3.63) is 18.0 Å². The predicted molar refractivity (Wildman–Crippen MR) is 77.2 cm³/mol. The number of amides is 2. The maximum Gasteiger partial charge on any atom is 0.248 e. The first-order valence-electron chi connectivity index (χ1n) is 7.64. The fourth-order valence-electron chi connectivity index (χ4n) is 3.04. The van der Waals surface area contributed by atoms with Gasteiger partial charge in [-0.15, -0.1) is 0 Å². The number of carbonyl (C=O) groups is 2. The lowest BCUT2D eigenvalue weighted by atomic mass is 9.94. The zero-order valence-electron chi connectivity index (χ0n) is 12.6. The maximum atomic E-state index is 12.9. The Balaban J connectivity index is 1.79. The molecule has 1 aromatic heterocycles. The van der Waals surface area contributed by atoms with Crippen molar-refractivity contribution in [2.45, 2.75) is 51.7 Å². The lowest BCUT2D eigenvalue weighted by Crippen LogP contribution is -2.56. The van der Waals surface area contributed by atoms with Crippen molar-refractivity contribution in [2.75, 3.05) is 6.54 Å². The van der Waals surface area contributed by atoms with Crippen molar-refractivity contribution in [1.29, 1.82) is 0 Å². The Morgan fingerprint density at radius 1 is 1.43 bits per heavy atom. The second-order valence-corrected chi connectivity index (χ2v) is 6.21. The molecule has 1 atom stereocenters. The molecule has 1 aliphatic carbocycles. The summed E-state index contributed by atoms with van der Waals surface area (Å²) in [5.41, 5.74) is 0.284. The van der Waals surface area contributed by atoms with Crippen LogP contribution in [-0.4, -0.2) is 38.6 Å². The van der Waals surface area contributed by atoms with E-state index in [0.717, 1.165) is 24.9 Å². The first kappa shape index (κ1) is 14.1.